The Morgan fingerprint density at radius 1 is 1.17 bits per heavy atom. The fourth-order valence-electron chi connectivity index (χ4n) is 4.76. The molecule has 0 radical (unpaired) electrons. The van der Waals surface area contributed by atoms with Crippen LogP contribution in [-0.2, 0) is 27.2 Å². The van der Waals surface area contributed by atoms with Crippen LogP contribution in [0.4, 0.5) is 16.2 Å². The van der Waals surface area contributed by atoms with Crippen molar-refractivity contribution >= 4 is 35.5 Å². The number of carbonyl (C=O) groups excluding carboxylic acids is 4. The number of rotatable bonds is 7. The summed E-state index contributed by atoms with van der Waals surface area (Å²) >= 11 is 0. The maximum atomic E-state index is 13.3. The first-order chi connectivity index (χ1) is 17.0. The fourth-order valence-corrected chi connectivity index (χ4v) is 4.76. The van der Waals surface area contributed by atoms with Gasteiger partial charge in [0, 0.05) is 18.5 Å². The highest BCUT2D eigenvalue weighted by atomic mass is 16.5. The maximum absolute atomic E-state index is 13.3. The number of nitrogens with one attached hydrogen (secondary N) is 2. The molecule has 190 valence electrons. The maximum Gasteiger partial charge on any atom is 0.312 e. The van der Waals surface area contributed by atoms with Crippen molar-refractivity contribution in [1.82, 2.24) is 5.32 Å². The summed E-state index contributed by atoms with van der Waals surface area (Å²) in [4.78, 5) is 50.8. The summed E-state index contributed by atoms with van der Waals surface area (Å²) in [6.07, 6.45) is 2.01. The molecule has 0 saturated carbocycles. The molecule has 0 saturated heterocycles. The summed E-state index contributed by atoms with van der Waals surface area (Å²) < 4.78 is 5.99. The van der Waals surface area contributed by atoms with Gasteiger partial charge in [-0.25, -0.2) is 4.79 Å². The summed E-state index contributed by atoms with van der Waals surface area (Å²) in [6.45, 7) is 6.17. The molecule has 0 spiro atoms. The minimum absolute atomic E-state index is 0.0464. The minimum Gasteiger partial charge on any atom is -0.478 e. The zero-order chi connectivity index (χ0) is 26.1. The highest BCUT2D eigenvalue weighted by Crippen LogP contribution is 2.36. The molecule has 9 nitrogen and oxygen atoms in total. The Labute approximate surface area is 210 Å². The zero-order valence-corrected chi connectivity index (χ0v) is 20.8. The molecule has 4 amide bonds. The van der Waals surface area contributed by atoms with Gasteiger partial charge in [-0.1, -0.05) is 39.0 Å². The van der Waals surface area contributed by atoms with Gasteiger partial charge in [0.15, 0.2) is 6.10 Å². The van der Waals surface area contributed by atoms with Crippen molar-refractivity contribution in [3.05, 3.63) is 53.6 Å². The summed E-state index contributed by atoms with van der Waals surface area (Å²) in [5, 5.41) is 5.39. The number of ether oxygens (including phenoxy) is 1. The van der Waals surface area contributed by atoms with Gasteiger partial charge in [0.05, 0.1) is 5.69 Å². The molecule has 36 heavy (non-hydrogen) atoms. The smallest absolute Gasteiger partial charge is 0.312 e. The monoisotopic (exact) mass is 492 g/mol. The Morgan fingerprint density at radius 3 is 2.58 bits per heavy atom. The highest BCUT2D eigenvalue weighted by Gasteiger charge is 2.39. The Hall–Kier alpha value is -3.88. The number of primary amides is 1. The molecule has 2 aromatic rings. The Morgan fingerprint density at radius 2 is 1.89 bits per heavy atom. The molecule has 1 aliphatic heterocycles. The lowest BCUT2D eigenvalue weighted by Gasteiger charge is -2.35. The van der Waals surface area contributed by atoms with E-state index in [1.807, 2.05) is 12.1 Å². The SMILES string of the molecule is CC(C)(C)CCC1Oc2ccccc2N(CC(=O)Nc2ccc3c(c2)CC(C=O)(NC(N)=O)C3)C1=O. The van der Waals surface area contributed by atoms with Gasteiger partial charge >= 0.3 is 6.03 Å². The van der Waals surface area contributed by atoms with Gasteiger partial charge in [0.2, 0.25) is 5.91 Å². The fraction of sp³-hybridized carbons (Fsp3) is 0.407. The third kappa shape index (κ3) is 5.50. The van der Waals surface area contributed by atoms with E-state index in [0.29, 0.717) is 36.3 Å². The lowest BCUT2D eigenvalue weighted by atomic mass is 9.89. The predicted octanol–water partition coefficient (Wildman–Crippen LogP) is 2.95. The van der Waals surface area contributed by atoms with Crippen LogP contribution in [0, 0.1) is 5.41 Å². The summed E-state index contributed by atoms with van der Waals surface area (Å²) in [5.41, 5.74) is 7.04. The Bertz CT molecular complexity index is 1200. The number of nitrogens with zero attached hydrogens (tertiary/aromatic N) is 1. The number of anilines is 2. The lowest BCUT2D eigenvalue weighted by molar-refractivity contribution is -0.128. The molecule has 1 aliphatic carbocycles. The van der Waals surface area contributed by atoms with E-state index < -0.39 is 17.7 Å². The molecule has 0 aromatic heterocycles. The van der Waals surface area contributed by atoms with Crippen molar-refractivity contribution in [2.24, 2.45) is 11.1 Å². The number of para-hydroxylation sites is 2. The number of aldehydes is 1. The van der Waals surface area contributed by atoms with Crippen LogP contribution >= 0.6 is 0 Å². The van der Waals surface area contributed by atoms with Crippen LogP contribution in [0.1, 0.15) is 44.7 Å². The molecule has 0 fully saturated rings. The van der Waals surface area contributed by atoms with E-state index in [1.54, 1.807) is 30.3 Å². The van der Waals surface area contributed by atoms with Gasteiger partial charge in [-0.05, 0) is 53.6 Å². The topological polar surface area (TPSA) is 131 Å². The average molecular weight is 493 g/mol. The van der Waals surface area contributed by atoms with E-state index in [-0.39, 0.29) is 30.2 Å². The minimum atomic E-state index is -1.08. The normalized spacial score (nSPS) is 20.7. The standard InChI is InChI=1S/C27H32N4O5/c1-26(2,3)11-10-22-24(34)31(20-6-4-5-7-21(20)36-22)15-23(33)29-19-9-8-17-13-27(16-32,30-25(28)35)14-18(17)12-19/h4-9,12,16,22H,10-11,13-15H2,1-3H3,(H,29,33)(H3,28,30,35). The summed E-state index contributed by atoms with van der Waals surface area (Å²) in [6, 6.07) is 11.8. The molecule has 2 aliphatic rings. The van der Waals surface area contributed by atoms with Crippen LogP contribution in [-0.4, -0.2) is 42.3 Å². The van der Waals surface area contributed by atoms with Gasteiger partial charge < -0.3 is 25.9 Å². The molecule has 2 aromatic carbocycles. The number of urea groups is 1. The number of amides is 4. The van der Waals surface area contributed by atoms with Crippen molar-refractivity contribution in [1.29, 1.82) is 0 Å². The number of hydrogen-bond acceptors (Lipinski definition) is 5. The van der Waals surface area contributed by atoms with Crippen molar-refractivity contribution in [2.75, 3.05) is 16.8 Å². The number of hydrogen-bond donors (Lipinski definition) is 3. The number of carbonyl (C=O) groups is 4. The first-order valence-electron chi connectivity index (χ1n) is 12.0. The quantitative estimate of drug-likeness (QED) is 0.512. The molecule has 4 N–H and O–H groups in total. The van der Waals surface area contributed by atoms with E-state index in [9.17, 15) is 19.2 Å². The Kier molecular flexibility index (Phi) is 6.75. The van der Waals surface area contributed by atoms with Crippen molar-refractivity contribution in [2.45, 2.75) is 58.1 Å². The van der Waals surface area contributed by atoms with Crippen LogP contribution in [0.25, 0.3) is 0 Å². The molecule has 0 bridgehead atoms. The van der Waals surface area contributed by atoms with Crippen LogP contribution in [0.5, 0.6) is 5.75 Å². The zero-order valence-electron chi connectivity index (χ0n) is 20.8. The van der Waals surface area contributed by atoms with Crippen LogP contribution in [0.15, 0.2) is 42.5 Å². The van der Waals surface area contributed by atoms with E-state index in [2.05, 4.69) is 31.4 Å². The lowest BCUT2D eigenvalue weighted by Crippen LogP contribution is -2.52. The van der Waals surface area contributed by atoms with E-state index >= 15 is 0 Å². The van der Waals surface area contributed by atoms with E-state index in [1.165, 1.54) is 4.90 Å². The molecular weight excluding hydrogens is 460 g/mol. The molecule has 9 heteroatoms. The van der Waals surface area contributed by atoms with E-state index in [4.69, 9.17) is 10.5 Å². The molecular formula is C27H32N4O5. The largest absolute Gasteiger partial charge is 0.478 e. The Balaban J connectivity index is 1.47. The third-order valence-corrected chi connectivity index (χ3v) is 6.52. The third-order valence-electron chi connectivity index (χ3n) is 6.52. The molecule has 1 heterocycles. The van der Waals surface area contributed by atoms with Crippen LogP contribution in [0.2, 0.25) is 0 Å². The van der Waals surface area contributed by atoms with E-state index in [0.717, 1.165) is 17.5 Å². The molecule has 2 unspecified atom stereocenters. The van der Waals surface area contributed by atoms with Crippen LogP contribution < -0.4 is 26.0 Å². The van der Waals surface area contributed by atoms with Gasteiger partial charge in [-0.2, -0.15) is 0 Å². The van der Waals surface area contributed by atoms with Crippen molar-refractivity contribution < 1.29 is 23.9 Å². The first kappa shape index (κ1) is 25.2. The second kappa shape index (κ2) is 9.64. The number of fused-ring (bicyclic) bond motifs is 2. The highest BCUT2D eigenvalue weighted by molar-refractivity contribution is 6.06. The molecule has 2 atom stereocenters. The number of nitrogens with two attached hydrogens (primary N) is 1. The molecule has 4 rings (SSSR count). The van der Waals surface area contributed by atoms with Crippen molar-refractivity contribution in [3.63, 3.8) is 0 Å². The van der Waals surface area contributed by atoms with Crippen molar-refractivity contribution in [3.8, 4) is 5.75 Å². The predicted molar refractivity (Wildman–Crippen MR) is 136 cm³/mol. The van der Waals surface area contributed by atoms with Gasteiger partial charge in [0.1, 0.15) is 24.1 Å². The number of benzene rings is 2. The van der Waals surface area contributed by atoms with Crippen LogP contribution in [0.3, 0.4) is 0 Å². The van der Waals surface area contributed by atoms with Gasteiger partial charge in [-0.15, -0.1) is 0 Å². The second-order valence-corrected chi connectivity index (χ2v) is 10.7. The average Bonchev–Trinajstić information content (AvgIpc) is 3.16. The second-order valence-electron chi connectivity index (χ2n) is 10.7. The summed E-state index contributed by atoms with van der Waals surface area (Å²) in [7, 11) is 0. The summed E-state index contributed by atoms with van der Waals surface area (Å²) in [5.74, 6) is -0.0201. The van der Waals surface area contributed by atoms with Gasteiger partial charge in [-0.3, -0.25) is 14.5 Å². The van der Waals surface area contributed by atoms with Gasteiger partial charge in [0.25, 0.3) is 5.91 Å². The first-order valence-corrected chi connectivity index (χ1v) is 12.0.